The van der Waals surface area contributed by atoms with Crippen LogP contribution in [0.2, 0.25) is 0 Å². The van der Waals surface area contributed by atoms with E-state index in [9.17, 15) is 9.59 Å². The lowest BCUT2D eigenvalue weighted by atomic mass is 9.92. The van der Waals surface area contributed by atoms with Crippen molar-refractivity contribution in [1.29, 1.82) is 0 Å². The first-order valence-electron chi connectivity index (χ1n) is 6.71. The summed E-state index contributed by atoms with van der Waals surface area (Å²) in [5.74, 6) is 1.25. The van der Waals surface area contributed by atoms with Crippen molar-refractivity contribution in [2.75, 3.05) is 26.2 Å². The molecular weight excluding hydrogens is 232 g/mol. The monoisotopic (exact) mass is 256 g/mol. The Morgan fingerprint density at radius 3 is 2.44 bits per heavy atom. The van der Waals surface area contributed by atoms with Gasteiger partial charge in [-0.05, 0) is 25.2 Å². The molecule has 2 atom stereocenters. The second-order valence-corrected chi connectivity index (χ2v) is 5.14. The fourth-order valence-electron chi connectivity index (χ4n) is 2.48. The van der Waals surface area contributed by atoms with Crippen molar-refractivity contribution in [3.8, 4) is 0 Å². The number of ether oxygens (including phenoxy) is 1. The Morgan fingerprint density at radius 1 is 1.28 bits per heavy atom. The van der Waals surface area contributed by atoms with E-state index in [1.807, 2.05) is 4.90 Å². The van der Waals surface area contributed by atoms with Gasteiger partial charge in [0, 0.05) is 26.1 Å². The number of likely N-dealkylation sites (tertiary alicyclic amines) is 1. The molecule has 1 saturated heterocycles. The zero-order valence-electron chi connectivity index (χ0n) is 11.6. The van der Waals surface area contributed by atoms with Gasteiger partial charge in [-0.1, -0.05) is 13.8 Å². The SMILES string of the molecule is CCOC(=O)NCCC(=O)N1C[C@@H](C)C[C@H](C)C1. The molecule has 0 bridgehead atoms. The Morgan fingerprint density at radius 2 is 1.89 bits per heavy atom. The molecular formula is C13H24N2O3. The standard InChI is InChI=1S/C13H24N2O3/c1-4-18-13(17)14-6-5-12(16)15-8-10(2)7-11(3)9-15/h10-11H,4-9H2,1-3H3,(H,14,17)/t10-,11-/m0/s1. The van der Waals surface area contributed by atoms with Gasteiger partial charge < -0.3 is 15.0 Å². The third kappa shape index (κ3) is 4.94. The summed E-state index contributed by atoms with van der Waals surface area (Å²) in [5, 5.41) is 2.57. The number of nitrogens with zero attached hydrogens (tertiary/aromatic N) is 1. The molecule has 5 nitrogen and oxygen atoms in total. The predicted octanol–water partition coefficient (Wildman–Crippen LogP) is 1.63. The number of piperidine rings is 1. The number of carbonyl (C=O) groups excluding carboxylic acids is 2. The van der Waals surface area contributed by atoms with Gasteiger partial charge in [-0.25, -0.2) is 4.79 Å². The molecule has 0 aliphatic carbocycles. The van der Waals surface area contributed by atoms with Crippen LogP contribution in [0.25, 0.3) is 0 Å². The Bertz CT molecular complexity index is 284. The molecule has 1 heterocycles. The first-order valence-corrected chi connectivity index (χ1v) is 6.71. The Labute approximate surface area is 109 Å². The van der Waals surface area contributed by atoms with Crippen LogP contribution in [0.3, 0.4) is 0 Å². The minimum absolute atomic E-state index is 0.116. The lowest BCUT2D eigenvalue weighted by molar-refractivity contribution is -0.133. The van der Waals surface area contributed by atoms with E-state index in [0.29, 0.717) is 31.4 Å². The van der Waals surface area contributed by atoms with E-state index in [4.69, 9.17) is 4.74 Å². The smallest absolute Gasteiger partial charge is 0.407 e. The molecule has 0 aromatic rings. The summed E-state index contributed by atoms with van der Waals surface area (Å²) in [7, 11) is 0. The van der Waals surface area contributed by atoms with Crippen LogP contribution in [-0.4, -0.2) is 43.1 Å². The molecule has 18 heavy (non-hydrogen) atoms. The zero-order chi connectivity index (χ0) is 13.5. The number of carbonyl (C=O) groups is 2. The molecule has 2 amide bonds. The van der Waals surface area contributed by atoms with Crippen molar-refractivity contribution >= 4 is 12.0 Å². The van der Waals surface area contributed by atoms with Gasteiger partial charge in [-0.3, -0.25) is 4.79 Å². The van der Waals surface area contributed by atoms with E-state index < -0.39 is 6.09 Å². The van der Waals surface area contributed by atoms with Crippen molar-refractivity contribution in [1.82, 2.24) is 10.2 Å². The molecule has 1 aliphatic heterocycles. The van der Waals surface area contributed by atoms with Gasteiger partial charge in [0.1, 0.15) is 0 Å². The second kappa shape index (κ2) is 7.24. The highest BCUT2D eigenvalue weighted by atomic mass is 16.5. The Hall–Kier alpha value is -1.26. The molecule has 0 radical (unpaired) electrons. The van der Waals surface area contributed by atoms with Crippen molar-refractivity contribution in [3.05, 3.63) is 0 Å². The van der Waals surface area contributed by atoms with Gasteiger partial charge in [0.2, 0.25) is 5.91 Å². The van der Waals surface area contributed by atoms with E-state index in [-0.39, 0.29) is 5.91 Å². The summed E-state index contributed by atoms with van der Waals surface area (Å²) < 4.78 is 4.73. The van der Waals surface area contributed by atoms with E-state index >= 15 is 0 Å². The largest absolute Gasteiger partial charge is 0.450 e. The Balaban J connectivity index is 2.25. The summed E-state index contributed by atoms with van der Waals surface area (Å²) in [6, 6.07) is 0. The summed E-state index contributed by atoms with van der Waals surface area (Å²) >= 11 is 0. The number of hydrogen-bond acceptors (Lipinski definition) is 3. The van der Waals surface area contributed by atoms with Gasteiger partial charge in [0.15, 0.2) is 0 Å². The number of rotatable bonds is 4. The number of nitrogens with one attached hydrogen (secondary N) is 1. The first kappa shape index (κ1) is 14.8. The molecule has 104 valence electrons. The topological polar surface area (TPSA) is 58.6 Å². The minimum Gasteiger partial charge on any atom is -0.450 e. The van der Waals surface area contributed by atoms with Crippen LogP contribution in [0.1, 0.15) is 33.6 Å². The zero-order valence-corrected chi connectivity index (χ0v) is 11.6. The van der Waals surface area contributed by atoms with Crippen molar-refractivity contribution in [2.24, 2.45) is 11.8 Å². The maximum atomic E-state index is 12.0. The second-order valence-electron chi connectivity index (χ2n) is 5.14. The molecule has 5 heteroatoms. The van der Waals surface area contributed by atoms with Gasteiger partial charge in [-0.2, -0.15) is 0 Å². The van der Waals surface area contributed by atoms with Crippen molar-refractivity contribution < 1.29 is 14.3 Å². The van der Waals surface area contributed by atoms with Crippen LogP contribution in [-0.2, 0) is 9.53 Å². The summed E-state index contributed by atoms with van der Waals surface area (Å²) in [4.78, 5) is 24.9. The molecule has 1 N–H and O–H groups in total. The van der Waals surface area contributed by atoms with Gasteiger partial charge in [0.05, 0.1) is 6.61 Å². The molecule has 0 aromatic heterocycles. The van der Waals surface area contributed by atoms with Gasteiger partial charge in [0.25, 0.3) is 0 Å². The molecule has 1 fully saturated rings. The van der Waals surface area contributed by atoms with Crippen LogP contribution < -0.4 is 5.32 Å². The average molecular weight is 256 g/mol. The first-order chi connectivity index (χ1) is 8.52. The third-order valence-electron chi connectivity index (χ3n) is 3.11. The van der Waals surface area contributed by atoms with E-state index in [1.54, 1.807) is 6.92 Å². The maximum Gasteiger partial charge on any atom is 0.407 e. The molecule has 0 spiro atoms. The summed E-state index contributed by atoms with van der Waals surface area (Å²) in [5.41, 5.74) is 0. The van der Waals surface area contributed by atoms with Crippen molar-refractivity contribution in [2.45, 2.75) is 33.6 Å². The van der Waals surface area contributed by atoms with Crippen molar-refractivity contribution in [3.63, 3.8) is 0 Å². The average Bonchev–Trinajstić information content (AvgIpc) is 2.27. The normalized spacial score (nSPS) is 23.6. The Kier molecular flexibility index (Phi) is 5.95. The van der Waals surface area contributed by atoms with Gasteiger partial charge >= 0.3 is 6.09 Å². The summed E-state index contributed by atoms with van der Waals surface area (Å²) in [6.45, 7) is 8.46. The molecule has 0 unspecified atom stereocenters. The fourth-order valence-corrected chi connectivity index (χ4v) is 2.48. The lowest BCUT2D eigenvalue weighted by Crippen LogP contribution is -2.43. The minimum atomic E-state index is -0.453. The third-order valence-corrected chi connectivity index (χ3v) is 3.11. The van der Waals surface area contributed by atoms with E-state index in [1.165, 1.54) is 6.42 Å². The van der Waals surface area contributed by atoms with Crippen LogP contribution in [0.4, 0.5) is 4.79 Å². The van der Waals surface area contributed by atoms with Gasteiger partial charge in [-0.15, -0.1) is 0 Å². The number of amides is 2. The molecule has 0 aromatic carbocycles. The van der Waals surface area contributed by atoms with Crippen LogP contribution in [0.5, 0.6) is 0 Å². The maximum absolute atomic E-state index is 12.0. The van der Waals surface area contributed by atoms with Crippen LogP contribution in [0, 0.1) is 11.8 Å². The van der Waals surface area contributed by atoms with Crippen LogP contribution in [0.15, 0.2) is 0 Å². The number of hydrogen-bond donors (Lipinski definition) is 1. The van der Waals surface area contributed by atoms with E-state index in [0.717, 1.165) is 13.1 Å². The number of alkyl carbamates (subject to hydrolysis) is 1. The van der Waals surface area contributed by atoms with Crippen LogP contribution >= 0.6 is 0 Å². The molecule has 1 aliphatic rings. The highest BCUT2D eigenvalue weighted by Gasteiger charge is 2.24. The predicted molar refractivity (Wildman–Crippen MR) is 69.2 cm³/mol. The molecule has 1 rings (SSSR count). The highest BCUT2D eigenvalue weighted by Crippen LogP contribution is 2.21. The highest BCUT2D eigenvalue weighted by molar-refractivity contribution is 5.77. The molecule has 0 saturated carbocycles. The quantitative estimate of drug-likeness (QED) is 0.831. The van der Waals surface area contributed by atoms with E-state index in [2.05, 4.69) is 19.2 Å². The summed E-state index contributed by atoms with van der Waals surface area (Å²) in [6.07, 6.45) is 1.08. The fraction of sp³-hybridized carbons (Fsp3) is 0.846. The lowest BCUT2D eigenvalue weighted by Gasteiger charge is -2.35.